The largest absolute Gasteiger partial charge is 0.416 e. The number of hydrogen-bond donors (Lipinski definition) is 1. The summed E-state index contributed by atoms with van der Waals surface area (Å²) in [6.07, 6.45) is -0.206. The minimum Gasteiger partial charge on any atom is -0.391 e. The highest BCUT2D eigenvalue weighted by Gasteiger charge is 2.37. The Labute approximate surface area is 132 Å². The van der Waals surface area contributed by atoms with E-state index in [-0.39, 0.29) is 18.5 Å². The highest BCUT2D eigenvalue weighted by Crippen LogP contribution is 2.36. The lowest BCUT2D eigenvalue weighted by atomic mass is 10.0. The molecule has 2 atom stereocenters. The average molecular weight is 325 g/mol. The number of amides is 1. The topological polar surface area (TPSA) is 40.5 Å². The van der Waals surface area contributed by atoms with Crippen molar-refractivity contribution in [2.24, 2.45) is 0 Å². The van der Waals surface area contributed by atoms with Crippen LogP contribution in [0.5, 0.6) is 0 Å². The van der Waals surface area contributed by atoms with Crippen LogP contribution >= 0.6 is 0 Å². The maximum Gasteiger partial charge on any atom is 0.416 e. The molecule has 1 amide bonds. The molecule has 1 aliphatic carbocycles. The number of aliphatic hydroxyl groups excluding tert-OH is 1. The van der Waals surface area contributed by atoms with Crippen LogP contribution in [0.15, 0.2) is 35.9 Å². The molecule has 1 heterocycles. The molecule has 0 saturated carbocycles. The van der Waals surface area contributed by atoms with Gasteiger partial charge in [-0.1, -0.05) is 18.2 Å². The van der Waals surface area contributed by atoms with Gasteiger partial charge in [0.05, 0.1) is 17.7 Å². The predicted octanol–water partition coefficient (Wildman–Crippen LogP) is 3.45. The minimum atomic E-state index is -4.38. The van der Waals surface area contributed by atoms with Crippen molar-refractivity contribution in [2.45, 2.75) is 44.0 Å². The molecule has 1 fully saturated rings. The van der Waals surface area contributed by atoms with Gasteiger partial charge in [-0.15, -0.1) is 0 Å². The summed E-state index contributed by atoms with van der Waals surface area (Å²) in [5.41, 5.74) is 0.661. The number of allylic oxidation sites excluding steroid dienone is 1. The van der Waals surface area contributed by atoms with Crippen LogP contribution in [-0.2, 0) is 11.0 Å². The Bertz CT molecular complexity index is 622. The minimum absolute atomic E-state index is 0.107. The zero-order valence-corrected chi connectivity index (χ0v) is 12.5. The lowest BCUT2D eigenvalue weighted by Gasteiger charge is -2.25. The summed E-state index contributed by atoms with van der Waals surface area (Å²) in [4.78, 5) is 14.2. The first kappa shape index (κ1) is 16.1. The van der Waals surface area contributed by atoms with Crippen molar-refractivity contribution >= 4 is 5.91 Å². The molecule has 6 heteroatoms. The summed E-state index contributed by atoms with van der Waals surface area (Å²) in [5, 5.41) is 9.91. The number of nitrogens with zero attached hydrogens (tertiary/aromatic N) is 1. The fraction of sp³-hybridized carbons (Fsp3) is 0.471. The van der Waals surface area contributed by atoms with Crippen LogP contribution in [0.4, 0.5) is 13.2 Å². The Balaban J connectivity index is 1.83. The molecule has 1 saturated heterocycles. The van der Waals surface area contributed by atoms with Gasteiger partial charge >= 0.3 is 6.18 Å². The number of β-amino-alcohol motifs (C(OH)–C–C–N with tert-alkyl or cyclic N) is 1. The van der Waals surface area contributed by atoms with Crippen LogP contribution in [0.2, 0.25) is 0 Å². The van der Waals surface area contributed by atoms with Crippen molar-refractivity contribution in [3.63, 3.8) is 0 Å². The third-order valence-electron chi connectivity index (χ3n) is 4.48. The maximum atomic E-state index is 12.7. The summed E-state index contributed by atoms with van der Waals surface area (Å²) in [6, 6.07) is 4.47. The van der Waals surface area contributed by atoms with Crippen LogP contribution in [0.1, 0.15) is 42.9 Å². The average Bonchev–Trinajstić information content (AvgIpc) is 3.15. The monoisotopic (exact) mass is 325 g/mol. The number of likely N-dealkylation sites (tertiary alicyclic amines) is 1. The van der Waals surface area contributed by atoms with E-state index in [2.05, 4.69) is 0 Å². The molecule has 1 aromatic rings. The standard InChI is InChI=1S/C17H18F3NO2/c18-17(19,20)13-7-5-11(6-8-13)15-9-14(22)10-21(15)16(23)12-3-1-2-4-12/h3,5-8,14-15,22H,1-2,4,9-10H2/t14-,15-/m0/s1. The van der Waals surface area contributed by atoms with Crippen molar-refractivity contribution in [3.8, 4) is 0 Å². The van der Waals surface area contributed by atoms with Gasteiger partial charge in [0.1, 0.15) is 0 Å². The lowest BCUT2D eigenvalue weighted by molar-refractivity contribution is -0.137. The highest BCUT2D eigenvalue weighted by atomic mass is 19.4. The smallest absolute Gasteiger partial charge is 0.391 e. The summed E-state index contributed by atoms with van der Waals surface area (Å²) in [5.74, 6) is -0.107. The van der Waals surface area contributed by atoms with Gasteiger partial charge in [0, 0.05) is 12.1 Å². The maximum absolute atomic E-state index is 12.7. The molecule has 0 aromatic heterocycles. The summed E-state index contributed by atoms with van der Waals surface area (Å²) >= 11 is 0. The van der Waals surface area contributed by atoms with E-state index in [0.717, 1.165) is 37.0 Å². The molecule has 0 bridgehead atoms. The Morgan fingerprint density at radius 2 is 1.91 bits per heavy atom. The van der Waals surface area contributed by atoms with Crippen LogP contribution in [0.25, 0.3) is 0 Å². The number of hydrogen-bond acceptors (Lipinski definition) is 2. The normalized spacial score (nSPS) is 24.9. The molecule has 124 valence electrons. The molecule has 3 nitrogen and oxygen atoms in total. The molecule has 2 aliphatic rings. The third kappa shape index (κ3) is 3.27. The zero-order chi connectivity index (χ0) is 16.6. The first-order valence-electron chi connectivity index (χ1n) is 7.71. The molecule has 0 spiro atoms. The van der Waals surface area contributed by atoms with E-state index in [1.165, 1.54) is 12.1 Å². The van der Waals surface area contributed by atoms with Gasteiger partial charge in [0.25, 0.3) is 0 Å². The Kier molecular flexibility index (Phi) is 4.19. The van der Waals surface area contributed by atoms with E-state index in [4.69, 9.17) is 0 Å². The second-order valence-electron chi connectivity index (χ2n) is 6.10. The van der Waals surface area contributed by atoms with E-state index >= 15 is 0 Å². The van der Waals surface area contributed by atoms with Crippen molar-refractivity contribution in [3.05, 3.63) is 47.0 Å². The number of rotatable bonds is 2. The quantitative estimate of drug-likeness (QED) is 0.905. The second kappa shape index (κ2) is 6.00. The SMILES string of the molecule is O=C(C1=CCCC1)N1C[C@@H](O)C[C@H]1c1ccc(C(F)(F)F)cc1. The van der Waals surface area contributed by atoms with Crippen molar-refractivity contribution < 1.29 is 23.1 Å². The first-order valence-corrected chi connectivity index (χ1v) is 7.71. The van der Waals surface area contributed by atoms with Gasteiger partial charge < -0.3 is 10.0 Å². The summed E-state index contributed by atoms with van der Waals surface area (Å²) in [6.45, 7) is 0.224. The van der Waals surface area contributed by atoms with E-state index in [1.807, 2.05) is 6.08 Å². The second-order valence-corrected chi connectivity index (χ2v) is 6.10. The van der Waals surface area contributed by atoms with E-state index in [9.17, 15) is 23.1 Å². The zero-order valence-electron chi connectivity index (χ0n) is 12.5. The molecule has 23 heavy (non-hydrogen) atoms. The number of benzene rings is 1. The number of carbonyl (C=O) groups is 1. The van der Waals surface area contributed by atoms with Gasteiger partial charge in [0.15, 0.2) is 0 Å². The lowest BCUT2D eigenvalue weighted by Crippen LogP contribution is -2.32. The predicted molar refractivity (Wildman–Crippen MR) is 78.5 cm³/mol. The molecule has 0 radical (unpaired) electrons. The van der Waals surface area contributed by atoms with Gasteiger partial charge in [-0.3, -0.25) is 4.79 Å². The van der Waals surface area contributed by atoms with Crippen LogP contribution in [0, 0.1) is 0 Å². The Hall–Kier alpha value is -1.82. The number of alkyl halides is 3. The van der Waals surface area contributed by atoms with Gasteiger partial charge in [-0.2, -0.15) is 13.2 Å². The number of carbonyl (C=O) groups excluding carboxylic acids is 1. The molecular formula is C17H18F3NO2. The van der Waals surface area contributed by atoms with E-state index in [0.29, 0.717) is 12.0 Å². The van der Waals surface area contributed by atoms with Gasteiger partial charge in [-0.25, -0.2) is 0 Å². The summed E-state index contributed by atoms with van der Waals surface area (Å²) in [7, 11) is 0. The van der Waals surface area contributed by atoms with Crippen LogP contribution < -0.4 is 0 Å². The van der Waals surface area contributed by atoms with Crippen LogP contribution in [0.3, 0.4) is 0 Å². The number of aliphatic hydroxyl groups is 1. The summed E-state index contributed by atoms with van der Waals surface area (Å²) < 4.78 is 38.0. The molecule has 1 N–H and O–H groups in total. The Morgan fingerprint density at radius 1 is 1.22 bits per heavy atom. The third-order valence-corrected chi connectivity index (χ3v) is 4.48. The fourth-order valence-corrected chi connectivity index (χ4v) is 3.30. The van der Waals surface area contributed by atoms with Crippen molar-refractivity contribution in [1.82, 2.24) is 4.90 Å². The van der Waals surface area contributed by atoms with Crippen molar-refractivity contribution in [2.75, 3.05) is 6.54 Å². The number of halogens is 3. The fourth-order valence-electron chi connectivity index (χ4n) is 3.30. The highest BCUT2D eigenvalue weighted by molar-refractivity contribution is 5.94. The molecule has 0 unspecified atom stereocenters. The van der Waals surface area contributed by atoms with Crippen molar-refractivity contribution in [1.29, 1.82) is 0 Å². The van der Waals surface area contributed by atoms with E-state index < -0.39 is 17.8 Å². The molecular weight excluding hydrogens is 307 g/mol. The molecule has 1 aliphatic heterocycles. The molecule has 1 aromatic carbocycles. The van der Waals surface area contributed by atoms with Crippen LogP contribution in [-0.4, -0.2) is 28.6 Å². The van der Waals surface area contributed by atoms with Gasteiger partial charge in [0.2, 0.25) is 5.91 Å². The Morgan fingerprint density at radius 3 is 2.48 bits per heavy atom. The first-order chi connectivity index (χ1) is 10.9. The van der Waals surface area contributed by atoms with Gasteiger partial charge in [-0.05, 0) is 43.4 Å². The van der Waals surface area contributed by atoms with E-state index in [1.54, 1.807) is 4.90 Å². The molecule has 3 rings (SSSR count).